The Kier molecular flexibility index (Phi) is 4.91. The van der Waals surface area contributed by atoms with Gasteiger partial charge in [-0.3, -0.25) is 0 Å². The molecule has 1 aromatic rings. The van der Waals surface area contributed by atoms with Gasteiger partial charge in [-0.1, -0.05) is 12.1 Å². The average molecular weight is 303 g/mol. The van der Waals surface area contributed by atoms with Gasteiger partial charge in [0.2, 0.25) is 0 Å². The number of benzene rings is 1. The Hall–Kier alpha value is -1.11. The van der Waals surface area contributed by atoms with Gasteiger partial charge < -0.3 is 15.2 Å². The van der Waals surface area contributed by atoms with E-state index in [2.05, 4.69) is 5.32 Å². The SMILES string of the molecule is CC1(NCC(O)c2ccc(C(F)(F)F)cc2)CCCOC1. The number of ether oxygens (including phenoxy) is 1. The Morgan fingerprint density at radius 3 is 2.52 bits per heavy atom. The standard InChI is InChI=1S/C15H20F3NO2/c1-14(7-2-8-21-10-14)19-9-13(20)11-3-5-12(6-4-11)15(16,17)18/h3-6,13,19-20H,2,7-10H2,1H3. The monoisotopic (exact) mass is 303 g/mol. The van der Waals surface area contributed by atoms with E-state index in [0.29, 0.717) is 12.2 Å². The molecule has 1 aliphatic heterocycles. The number of nitrogens with one attached hydrogen (secondary N) is 1. The maximum Gasteiger partial charge on any atom is 0.416 e. The van der Waals surface area contributed by atoms with Crippen LogP contribution >= 0.6 is 0 Å². The first-order chi connectivity index (χ1) is 9.80. The zero-order chi connectivity index (χ0) is 15.5. The molecule has 21 heavy (non-hydrogen) atoms. The lowest BCUT2D eigenvalue weighted by molar-refractivity contribution is -0.137. The molecule has 1 fully saturated rings. The summed E-state index contributed by atoms with van der Waals surface area (Å²) in [4.78, 5) is 0. The molecule has 1 aromatic carbocycles. The highest BCUT2D eigenvalue weighted by Crippen LogP contribution is 2.30. The molecule has 2 N–H and O–H groups in total. The van der Waals surface area contributed by atoms with Crippen LogP contribution in [-0.4, -0.2) is 30.4 Å². The maximum absolute atomic E-state index is 12.5. The fraction of sp³-hybridized carbons (Fsp3) is 0.600. The van der Waals surface area contributed by atoms with E-state index in [0.717, 1.165) is 31.6 Å². The first-order valence-corrected chi connectivity index (χ1v) is 6.98. The molecule has 1 heterocycles. The lowest BCUT2D eigenvalue weighted by Crippen LogP contribution is -2.50. The maximum atomic E-state index is 12.5. The second-order valence-corrected chi connectivity index (χ2v) is 5.73. The third kappa shape index (κ3) is 4.43. The topological polar surface area (TPSA) is 41.5 Å². The largest absolute Gasteiger partial charge is 0.416 e. The quantitative estimate of drug-likeness (QED) is 0.898. The van der Waals surface area contributed by atoms with E-state index in [1.165, 1.54) is 12.1 Å². The van der Waals surface area contributed by atoms with Gasteiger partial charge in [0.05, 0.1) is 18.3 Å². The number of hydrogen-bond acceptors (Lipinski definition) is 3. The summed E-state index contributed by atoms with van der Waals surface area (Å²) in [5.41, 5.74) is -0.430. The highest BCUT2D eigenvalue weighted by Gasteiger charge is 2.31. The minimum atomic E-state index is -4.35. The highest BCUT2D eigenvalue weighted by atomic mass is 19.4. The molecular formula is C15H20F3NO2. The van der Waals surface area contributed by atoms with Gasteiger partial charge in [0.1, 0.15) is 0 Å². The summed E-state index contributed by atoms with van der Waals surface area (Å²) < 4.78 is 42.8. The summed E-state index contributed by atoms with van der Waals surface area (Å²) in [6.45, 7) is 3.63. The van der Waals surface area contributed by atoms with Gasteiger partial charge in [0, 0.05) is 18.7 Å². The predicted molar refractivity (Wildman–Crippen MR) is 72.9 cm³/mol. The lowest BCUT2D eigenvalue weighted by Gasteiger charge is -2.35. The Morgan fingerprint density at radius 1 is 1.33 bits per heavy atom. The van der Waals surface area contributed by atoms with Crippen molar-refractivity contribution >= 4 is 0 Å². The molecule has 0 amide bonds. The van der Waals surface area contributed by atoms with Crippen molar-refractivity contribution in [2.24, 2.45) is 0 Å². The molecule has 0 spiro atoms. The number of rotatable bonds is 4. The van der Waals surface area contributed by atoms with Gasteiger partial charge in [0.15, 0.2) is 0 Å². The molecule has 1 aliphatic rings. The van der Waals surface area contributed by atoms with Gasteiger partial charge in [-0.2, -0.15) is 13.2 Å². The third-order valence-electron chi connectivity index (χ3n) is 3.78. The van der Waals surface area contributed by atoms with Crippen LogP contribution in [0.15, 0.2) is 24.3 Å². The molecule has 3 nitrogen and oxygen atoms in total. The van der Waals surface area contributed by atoms with Gasteiger partial charge in [-0.15, -0.1) is 0 Å². The van der Waals surface area contributed by atoms with Crippen LogP contribution < -0.4 is 5.32 Å². The first-order valence-electron chi connectivity index (χ1n) is 6.98. The molecule has 0 aliphatic carbocycles. The summed E-state index contributed by atoms with van der Waals surface area (Å²) in [7, 11) is 0. The Bertz CT molecular complexity index is 453. The number of hydrogen-bond donors (Lipinski definition) is 2. The molecule has 1 saturated heterocycles. The summed E-state index contributed by atoms with van der Waals surface area (Å²) in [5, 5.41) is 13.3. The van der Waals surface area contributed by atoms with Crippen molar-refractivity contribution in [2.75, 3.05) is 19.8 Å². The van der Waals surface area contributed by atoms with Gasteiger partial charge in [-0.05, 0) is 37.5 Å². The van der Waals surface area contributed by atoms with E-state index in [1.54, 1.807) is 0 Å². The second kappa shape index (κ2) is 6.34. The molecule has 0 bridgehead atoms. The average Bonchev–Trinajstić information content (AvgIpc) is 2.45. The van der Waals surface area contributed by atoms with E-state index >= 15 is 0 Å². The van der Waals surface area contributed by atoms with Crippen molar-refractivity contribution in [1.82, 2.24) is 5.32 Å². The predicted octanol–water partition coefficient (Wildman–Crippen LogP) is 2.90. The lowest BCUT2D eigenvalue weighted by atomic mass is 9.94. The number of β-amino-alcohol motifs (C(OH)–C–C–N with tert-alkyl or cyclic N) is 1. The zero-order valence-corrected chi connectivity index (χ0v) is 11.9. The third-order valence-corrected chi connectivity index (χ3v) is 3.78. The van der Waals surface area contributed by atoms with Crippen molar-refractivity contribution in [2.45, 2.75) is 37.6 Å². The van der Waals surface area contributed by atoms with Crippen LogP contribution in [0.25, 0.3) is 0 Å². The van der Waals surface area contributed by atoms with Crippen LogP contribution in [-0.2, 0) is 10.9 Å². The summed E-state index contributed by atoms with van der Waals surface area (Å²) in [6, 6.07) is 4.61. The number of aliphatic hydroxyl groups is 1. The van der Waals surface area contributed by atoms with Crippen LogP contribution in [0.1, 0.15) is 37.0 Å². The summed E-state index contributed by atoms with van der Waals surface area (Å²) >= 11 is 0. The Balaban J connectivity index is 1.92. The molecule has 0 radical (unpaired) electrons. The minimum absolute atomic E-state index is 0.189. The fourth-order valence-corrected chi connectivity index (χ4v) is 2.43. The van der Waals surface area contributed by atoms with Gasteiger partial charge in [0.25, 0.3) is 0 Å². The van der Waals surface area contributed by atoms with Crippen molar-refractivity contribution in [1.29, 1.82) is 0 Å². The Labute approximate surface area is 122 Å². The van der Waals surface area contributed by atoms with E-state index in [4.69, 9.17) is 4.74 Å². The number of aliphatic hydroxyl groups excluding tert-OH is 1. The first kappa shape index (κ1) is 16.3. The minimum Gasteiger partial charge on any atom is -0.387 e. The normalized spacial score (nSPS) is 24.8. The molecule has 0 saturated carbocycles. The number of alkyl halides is 3. The summed E-state index contributed by atoms with van der Waals surface area (Å²) in [5.74, 6) is 0. The second-order valence-electron chi connectivity index (χ2n) is 5.73. The molecule has 0 aromatic heterocycles. The smallest absolute Gasteiger partial charge is 0.387 e. The van der Waals surface area contributed by atoms with Crippen molar-refractivity contribution in [3.05, 3.63) is 35.4 Å². The molecular weight excluding hydrogens is 283 g/mol. The Morgan fingerprint density at radius 2 is 2.00 bits per heavy atom. The molecule has 6 heteroatoms. The van der Waals surface area contributed by atoms with E-state index in [1.807, 2.05) is 6.92 Å². The van der Waals surface area contributed by atoms with Crippen LogP contribution in [0.4, 0.5) is 13.2 Å². The van der Waals surface area contributed by atoms with Crippen LogP contribution in [0.3, 0.4) is 0 Å². The molecule has 118 valence electrons. The fourth-order valence-electron chi connectivity index (χ4n) is 2.43. The van der Waals surface area contributed by atoms with Gasteiger partial charge >= 0.3 is 6.18 Å². The van der Waals surface area contributed by atoms with E-state index < -0.39 is 17.8 Å². The van der Waals surface area contributed by atoms with Crippen LogP contribution in [0, 0.1) is 0 Å². The molecule has 2 atom stereocenters. The van der Waals surface area contributed by atoms with E-state index in [9.17, 15) is 18.3 Å². The van der Waals surface area contributed by atoms with Crippen LogP contribution in [0.5, 0.6) is 0 Å². The number of halogens is 3. The van der Waals surface area contributed by atoms with Crippen molar-refractivity contribution < 1.29 is 23.0 Å². The molecule has 2 rings (SSSR count). The van der Waals surface area contributed by atoms with E-state index in [-0.39, 0.29) is 12.1 Å². The van der Waals surface area contributed by atoms with Crippen molar-refractivity contribution in [3.8, 4) is 0 Å². The summed E-state index contributed by atoms with van der Waals surface area (Å²) in [6.07, 6.45) is -3.28. The van der Waals surface area contributed by atoms with Gasteiger partial charge in [-0.25, -0.2) is 0 Å². The molecule has 2 unspecified atom stereocenters. The van der Waals surface area contributed by atoms with Crippen molar-refractivity contribution in [3.63, 3.8) is 0 Å². The highest BCUT2D eigenvalue weighted by molar-refractivity contribution is 5.26. The van der Waals surface area contributed by atoms with Crippen LogP contribution in [0.2, 0.25) is 0 Å². The zero-order valence-electron chi connectivity index (χ0n) is 11.9.